The monoisotopic (exact) mass is 612 g/mol. The maximum atomic E-state index is 12.8. The van der Waals surface area contributed by atoms with Crippen molar-refractivity contribution in [3.05, 3.63) is 41.6 Å². The summed E-state index contributed by atoms with van der Waals surface area (Å²) >= 11 is 0. The van der Waals surface area contributed by atoms with Crippen LogP contribution in [0.15, 0.2) is 30.5 Å². The Morgan fingerprint density at radius 3 is 2.59 bits per heavy atom. The number of hydrogen-bond acceptors (Lipinski definition) is 9. The van der Waals surface area contributed by atoms with Gasteiger partial charge in [-0.2, -0.15) is 10.2 Å². The predicted molar refractivity (Wildman–Crippen MR) is 157 cm³/mol. The number of halogens is 3. The topological polar surface area (TPSA) is 125 Å². The number of alkyl halides is 3. The summed E-state index contributed by atoms with van der Waals surface area (Å²) in [7, 11) is 0. The first-order chi connectivity index (χ1) is 20.9. The zero-order valence-electron chi connectivity index (χ0n) is 25.0. The van der Waals surface area contributed by atoms with Gasteiger partial charge < -0.3 is 30.3 Å². The Morgan fingerprint density at radius 1 is 1.16 bits per heavy atom. The average Bonchev–Trinajstić information content (AvgIpc) is 3.31. The van der Waals surface area contributed by atoms with Gasteiger partial charge in [0, 0.05) is 30.3 Å². The average molecular weight is 613 g/mol. The Morgan fingerprint density at radius 2 is 1.91 bits per heavy atom. The summed E-state index contributed by atoms with van der Waals surface area (Å²) in [5.41, 5.74) is 1.55. The maximum Gasteiger partial charge on any atom is 0.573 e. The van der Waals surface area contributed by atoms with Crippen molar-refractivity contribution < 1.29 is 27.4 Å². The molecular weight excluding hydrogens is 573 g/mol. The smallest absolute Gasteiger partial charge is 0.405 e. The zero-order chi connectivity index (χ0) is 31.1. The Hall–Kier alpha value is -3.43. The number of anilines is 2. The molecule has 12 heteroatoms. The van der Waals surface area contributed by atoms with Gasteiger partial charge in [-0.1, -0.05) is 18.2 Å². The molecule has 3 unspecified atom stereocenters. The molecule has 4 bridgehead atoms. The molecule has 3 N–H and O–H groups in total. The quantitative estimate of drug-likeness (QED) is 0.241. The minimum absolute atomic E-state index is 0.0115. The second-order valence-corrected chi connectivity index (χ2v) is 13.4. The normalized spacial score (nSPS) is 30.1. The summed E-state index contributed by atoms with van der Waals surface area (Å²) in [4.78, 5) is 8.72. The second kappa shape index (κ2) is 11.8. The number of nitriles is 1. The van der Waals surface area contributed by atoms with Crippen molar-refractivity contribution in [3.63, 3.8) is 0 Å². The fourth-order valence-electron chi connectivity index (χ4n) is 8.37. The highest BCUT2D eigenvalue weighted by Gasteiger charge is 2.56. The molecule has 2 heterocycles. The molecule has 4 aliphatic carbocycles. The standard InChI is InChI=1S/C32H39F3N6O3/c1-30(2)42-17-24(43-30)7-8-25(37)27-21-9-19-10-22(27)13-31(11-19,12-21)18-40-28-23(14-36)16-39-29(41-28)38-15-20-5-3-4-6-26(20)44-32(33,34)35/h3-6,16,19,21-22,24,27,37H,7-13,15,17-18H2,1-2H3,(H2,38,39,40,41)/t19?,21-,22+,24-,27?,31?/m0/s1. The van der Waals surface area contributed by atoms with Crippen LogP contribution in [0.2, 0.25) is 0 Å². The molecule has 0 spiro atoms. The molecule has 1 aromatic carbocycles. The molecule has 9 nitrogen and oxygen atoms in total. The SMILES string of the molecule is CC1(C)OC[C@H](CCC(=N)C2[C@@H]3CC4C[C@H]2CC(CNc2nc(NCc5ccccc5OC(F)(F)F)ncc2C#N)(C4)C3)O1. The summed E-state index contributed by atoms with van der Waals surface area (Å²) in [5, 5.41) is 25.2. The van der Waals surface area contributed by atoms with Gasteiger partial charge in [-0.15, -0.1) is 13.2 Å². The number of rotatable bonds is 11. The fraction of sp³-hybridized carbons (Fsp3) is 0.625. The van der Waals surface area contributed by atoms with Crippen LogP contribution in [0.4, 0.5) is 24.9 Å². The van der Waals surface area contributed by atoms with Crippen molar-refractivity contribution >= 4 is 17.5 Å². The highest BCUT2D eigenvalue weighted by atomic mass is 19.4. The van der Waals surface area contributed by atoms with E-state index >= 15 is 0 Å². The van der Waals surface area contributed by atoms with Crippen molar-refractivity contribution in [3.8, 4) is 11.8 Å². The van der Waals surface area contributed by atoms with Gasteiger partial charge in [0.2, 0.25) is 5.95 Å². The number of hydrogen-bond donors (Lipinski definition) is 3. The van der Waals surface area contributed by atoms with Gasteiger partial charge in [-0.05, 0) is 88.0 Å². The zero-order valence-corrected chi connectivity index (χ0v) is 25.0. The fourth-order valence-corrected chi connectivity index (χ4v) is 8.37. The summed E-state index contributed by atoms with van der Waals surface area (Å²) in [6, 6.07) is 8.04. The molecule has 1 saturated heterocycles. The molecule has 0 amide bonds. The van der Waals surface area contributed by atoms with Crippen LogP contribution in [-0.2, 0) is 16.0 Å². The van der Waals surface area contributed by atoms with Crippen molar-refractivity contribution in [1.82, 2.24) is 9.97 Å². The van der Waals surface area contributed by atoms with E-state index in [1.165, 1.54) is 37.2 Å². The molecule has 7 rings (SSSR count). The molecule has 1 aliphatic heterocycles. The van der Waals surface area contributed by atoms with Crippen LogP contribution in [0.5, 0.6) is 5.75 Å². The Bertz CT molecular complexity index is 1410. The largest absolute Gasteiger partial charge is 0.573 e. The van der Waals surface area contributed by atoms with Gasteiger partial charge in [0.05, 0.1) is 18.9 Å². The van der Waals surface area contributed by atoms with E-state index in [-0.39, 0.29) is 29.8 Å². The number of benzene rings is 1. The number of nitrogens with one attached hydrogen (secondary N) is 3. The lowest BCUT2D eigenvalue weighted by Gasteiger charge is -2.60. The van der Waals surface area contributed by atoms with E-state index in [1.54, 1.807) is 6.07 Å². The van der Waals surface area contributed by atoms with Crippen LogP contribution < -0.4 is 15.4 Å². The molecule has 4 saturated carbocycles. The van der Waals surface area contributed by atoms with Crippen LogP contribution >= 0.6 is 0 Å². The molecule has 2 aromatic rings. The molecule has 5 aliphatic rings. The van der Waals surface area contributed by atoms with Crippen LogP contribution in [0.25, 0.3) is 0 Å². The number of para-hydroxylation sites is 1. The van der Waals surface area contributed by atoms with Crippen LogP contribution in [-0.4, -0.2) is 47.1 Å². The molecule has 6 atom stereocenters. The lowest BCUT2D eigenvalue weighted by molar-refractivity contribution is -0.274. The summed E-state index contributed by atoms with van der Waals surface area (Å²) < 4.78 is 54.3. The van der Waals surface area contributed by atoms with Crippen LogP contribution in [0, 0.1) is 45.8 Å². The molecule has 5 fully saturated rings. The molecular formula is C32H39F3N6O3. The Labute approximate surface area is 255 Å². The van der Waals surface area contributed by atoms with Gasteiger partial charge in [0.25, 0.3) is 0 Å². The summed E-state index contributed by atoms with van der Waals surface area (Å²) in [6.45, 7) is 5.13. The van der Waals surface area contributed by atoms with Gasteiger partial charge in [-0.25, -0.2) is 4.98 Å². The number of ether oxygens (including phenoxy) is 3. The second-order valence-electron chi connectivity index (χ2n) is 13.4. The van der Waals surface area contributed by atoms with E-state index in [0.717, 1.165) is 37.8 Å². The van der Waals surface area contributed by atoms with E-state index in [9.17, 15) is 18.4 Å². The number of aromatic nitrogens is 2. The summed E-state index contributed by atoms with van der Waals surface area (Å²) in [6.07, 6.45) is 3.79. The predicted octanol–water partition coefficient (Wildman–Crippen LogP) is 6.66. The molecule has 236 valence electrons. The highest BCUT2D eigenvalue weighted by molar-refractivity contribution is 5.84. The van der Waals surface area contributed by atoms with E-state index in [4.69, 9.17) is 14.9 Å². The lowest BCUT2D eigenvalue weighted by atomic mass is 9.45. The minimum Gasteiger partial charge on any atom is -0.405 e. The van der Waals surface area contributed by atoms with E-state index < -0.39 is 12.1 Å². The number of nitrogens with zero attached hydrogens (tertiary/aromatic N) is 3. The molecule has 0 radical (unpaired) electrons. The minimum atomic E-state index is -4.80. The third kappa shape index (κ3) is 6.79. The van der Waals surface area contributed by atoms with Gasteiger partial charge in [-0.3, -0.25) is 0 Å². The van der Waals surface area contributed by atoms with Crippen LogP contribution in [0.1, 0.15) is 69.9 Å². The van der Waals surface area contributed by atoms with Crippen molar-refractivity contribution in [2.75, 3.05) is 23.8 Å². The Kier molecular flexibility index (Phi) is 8.22. The first-order valence-electron chi connectivity index (χ1n) is 15.4. The molecule has 44 heavy (non-hydrogen) atoms. The lowest BCUT2D eigenvalue weighted by Crippen LogP contribution is -2.55. The van der Waals surface area contributed by atoms with Crippen molar-refractivity contribution in [2.24, 2.45) is 29.1 Å². The van der Waals surface area contributed by atoms with Gasteiger partial charge in [0.15, 0.2) is 5.79 Å². The van der Waals surface area contributed by atoms with Crippen molar-refractivity contribution in [2.45, 2.75) is 83.6 Å². The third-order valence-corrected chi connectivity index (χ3v) is 9.78. The van der Waals surface area contributed by atoms with Crippen molar-refractivity contribution in [1.29, 1.82) is 10.7 Å². The first-order valence-corrected chi connectivity index (χ1v) is 15.4. The third-order valence-electron chi connectivity index (χ3n) is 9.78. The summed E-state index contributed by atoms with van der Waals surface area (Å²) in [5.74, 6) is 1.73. The van der Waals surface area contributed by atoms with E-state index in [0.29, 0.717) is 53.8 Å². The van der Waals surface area contributed by atoms with E-state index in [2.05, 4.69) is 31.4 Å². The van der Waals surface area contributed by atoms with Crippen LogP contribution in [0.3, 0.4) is 0 Å². The first kappa shape index (κ1) is 30.6. The Balaban J connectivity index is 1.08. The van der Waals surface area contributed by atoms with E-state index in [1.807, 2.05) is 13.8 Å². The van der Waals surface area contributed by atoms with Gasteiger partial charge in [0.1, 0.15) is 23.2 Å². The molecule has 1 aromatic heterocycles. The van der Waals surface area contributed by atoms with Gasteiger partial charge >= 0.3 is 6.36 Å². The highest BCUT2D eigenvalue weighted by Crippen LogP contribution is 2.62. The maximum absolute atomic E-state index is 12.8.